The van der Waals surface area contributed by atoms with E-state index in [1.54, 1.807) is 18.5 Å². The number of amides is 1. The number of carbonyl (C=O) groups is 2. The Balaban J connectivity index is 1.55. The fraction of sp³-hybridized carbons (Fsp3) is 0.350. The molecule has 1 atom stereocenters. The van der Waals surface area contributed by atoms with Gasteiger partial charge in [0.15, 0.2) is 6.61 Å². The molecule has 0 saturated carbocycles. The Hall–Kier alpha value is -2.97. The van der Waals surface area contributed by atoms with E-state index in [9.17, 15) is 9.59 Å². The first-order valence-electron chi connectivity index (χ1n) is 9.16. The quantitative estimate of drug-likeness (QED) is 0.613. The number of aliphatic carboxylic acids is 1. The number of benzene rings is 1. The topological polar surface area (TPSA) is 104 Å². The highest BCUT2D eigenvalue weighted by molar-refractivity contribution is 5.82. The lowest BCUT2D eigenvalue weighted by molar-refractivity contribution is -0.139. The van der Waals surface area contributed by atoms with Crippen molar-refractivity contribution in [2.45, 2.75) is 19.1 Å². The van der Waals surface area contributed by atoms with E-state index in [4.69, 9.17) is 9.84 Å². The lowest BCUT2D eigenvalue weighted by Crippen LogP contribution is -2.56. The number of nitrogens with zero attached hydrogens (tertiary/aromatic N) is 2. The van der Waals surface area contributed by atoms with Crippen LogP contribution in [-0.2, 0) is 22.7 Å². The zero-order chi connectivity index (χ0) is 19.8. The number of carboxylic acid groups (broad SMARTS) is 1. The van der Waals surface area contributed by atoms with Crippen molar-refractivity contribution in [2.24, 2.45) is 0 Å². The van der Waals surface area contributed by atoms with Crippen LogP contribution < -0.4 is 15.4 Å². The molecule has 1 aromatic heterocycles. The van der Waals surface area contributed by atoms with Crippen LogP contribution in [0.15, 0.2) is 48.8 Å². The Labute approximate surface area is 163 Å². The van der Waals surface area contributed by atoms with Gasteiger partial charge >= 0.3 is 5.97 Å². The number of hydrogen-bond donors (Lipinski definition) is 3. The van der Waals surface area contributed by atoms with Gasteiger partial charge in [-0.2, -0.15) is 0 Å². The number of pyridine rings is 1. The van der Waals surface area contributed by atoms with Crippen LogP contribution in [0.25, 0.3) is 0 Å². The van der Waals surface area contributed by atoms with Gasteiger partial charge in [0.05, 0.1) is 6.04 Å². The van der Waals surface area contributed by atoms with Crippen molar-refractivity contribution in [2.75, 3.05) is 26.2 Å². The molecule has 1 fully saturated rings. The van der Waals surface area contributed by atoms with Crippen molar-refractivity contribution < 1.29 is 19.4 Å². The van der Waals surface area contributed by atoms with Gasteiger partial charge in [-0.15, -0.1) is 0 Å². The number of ether oxygens (including phenoxy) is 1. The molecular formula is C20H24N4O4. The van der Waals surface area contributed by atoms with E-state index in [0.29, 0.717) is 31.9 Å². The molecule has 8 heteroatoms. The molecular weight excluding hydrogens is 360 g/mol. The van der Waals surface area contributed by atoms with E-state index in [0.717, 1.165) is 17.7 Å². The second kappa shape index (κ2) is 9.82. The molecule has 1 amide bonds. The minimum absolute atomic E-state index is 0.0445. The van der Waals surface area contributed by atoms with Crippen molar-refractivity contribution in [3.8, 4) is 5.75 Å². The minimum atomic E-state index is -1.01. The monoisotopic (exact) mass is 384 g/mol. The van der Waals surface area contributed by atoms with Gasteiger partial charge in [-0.3, -0.25) is 14.7 Å². The zero-order valence-corrected chi connectivity index (χ0v) is 15.5. The summed E-state index contributed by atoms with van der Waals surface area (Å²) in [6.07, 6.45) is 3.40. The van der Waals surface area contributed by atoms with E-state index in [2.05, 4.69) is 20.5 Å². The third-order valence-corrected chi connectivity index (χ3v) is 4.51. The number of aromatic nitrogens is 1. The first kappa shape index (κ1) is 19.8. The summed E-state index contributed by atoms with van der Waals surface area (Å²) >= 11 is 0. The number of carboxylic acids is 1. The maximum Gasteiger partial charge on any atom is 0.341 e. The Morgan fingerprint density at radius 3 is 2.82 bits per heavy atom. The van der Waals surface area contributed by atoms with Crippen LogP contribution in [-0.4, -0.2) is 59.1 Å². The van der Waals surface area contributed by atoms with Gasteiger partial charge in [0.1, 0.15) is 5.75 Å². The van der Waals surface area contributed by atoms with Crippen LogP contribution in [0.5, 0.6) is 5.75 Å². The Morgan fingerprint density at radius 2 is 2.04 bits per heavy atom. The van der Waals surface area contributed by atoms with Crippen molar-refractivity contribution in [1.82, 2.24) is 20.5 Å². The summed E-state index contributed by atoms with van der Waals surface area (Å²) in [5.74, 6) is -0.498. The van der Waals surface area contributed by atoms with Gasteiger partial charge < -0.3 is 20.5 Å². The van der Waals surface area contributed by atoms with Crippen molar-refractivity contribution in [3.05, 3.63) is 59.9 Å². The molecule has 148 valence electrons. The van der Waals surface area contributed by atoms with Crippen LogP contribution in [0.2, 0.25) is 0 Å². The first-order chi connectivity index (χ1) is 13.6. The Morgan fingerprint density at radius 1 is 1.25 bits per heavy atom. The number of carbonyl (C=O) groups excluding carboxylic acids is 1. The average Bonchev–Trinajstić information content (AvgIpc) is 2.72. The summed E-state index contributed by atoms with van der Waals surface area (Å²) in [7, 11) is 0. The maximum absolute atomic E-state index is 12.5. The molecule has 3 rings (SSSR count). The third kappa shape index (κ3) is 5.77. The van der Waals surface area contributed by atoms with Gasteiger partial charge in [0.2, 0.25) is 5.91 Å². The minimum Gasteiger partial charge on any atom is -0.482 e. The number of hydrogen-bond acceptors (Lipinski definition) is 6. The molecule has 1 aliphatic rings. The van der Waals surface area contributed by atoms with Gasteiger partial charge in [0, 0.05) is 50.7 Å². The second-order valence-corrected chi connectivity index (χ2v) is 6.61. The highest BCUT2D eigenvalue weighted by atomic mass is 16.5. The number of rotatable bonds is 8. The molecule has 0 unspecified atom stereocenters. The third-order valence-electron chi connectivity index (χ3n) is 4.51. The van der Waals surface area contributed by atoms with Gasteiger partial charge in [0.25, 0.3) is 0 Å². The van der Waals surface area contributed by atoms with Crippen LogP contribution in [0.3, 0.4) is 0 Å². The summed E-state index contributed by atoms with van der Waals surface area (Å²) in [5, 5.41) is 15.0. The first-order valence-corrected chi connectivity index (χ1v) is 9.16. The van der Waals surface area contributed by atoms with E-state index in [1.165, 1.54) is 0 Å². The van der Waals surface area contributed by atoms with Gasteiger partial charge in [-0.1, -0.05) is 18.2 Å². The predicted molar refractivity (Wildman–Crippen MR) is 103 cm³/mol. The van der Waals surface area contributed by atoms with Crippen molar-refractivity contribution in [1.29, 1.82) is 0 Å². The van der Waals surface area contributed by atoms with Crippen molar-refractivity contribution >= 4 is 11.9 Å². The predicted octanol–water partition coefficient (Wildman–Crippen LogP) is 0.635. The van der Waals surface area contributed by atoms with E-state index in [1.807, 2.05) is 30.3 Å². The van der Waals surface area contributed by atoms with E-state index >= 15 is 0 Å². The molecule has 2 heterocycles. The molecule has 0 spiro atoms. The van der Waals surface area contributed by atoms with Gasteiger partial charge in [-0.25, -0.2) is 4.79 Å². The molecule has 2 aromatic rings. The lowest BCUT2D eigenvalue weighted by atomic mass is 10.1. The molecule has 28 heavy (non-hydrogen) atoms. The van der Waals surface area contributed by atoms with E-state index in [-0.39, 0.29) is 18.6 Å². The number of para-hydroxylation sites is 1. The molecule has 0 bridgehead atoms. The normalized spacial score (nSPS) is 17.1. The summed E-state index contributed by atoms with van der Waals surface area (Å²) in [4.78, 5) is 29.4. The zero-order valence-electron chi connectivity index (χ0n) is 15.5. The summed E-state index contributed by atoms with van der Waals surface area (Å²) in [5.41, 5.74) is 1.90. The summed E-state index contributed by atoms with van der Waals surface area (Å²) in [6, 6.07) is 10.8. The molecule has 1 aliphatic heterocycles. The van der Waals surface area contributed by atoms with Crippen LogP contribution in [0.4, 0.5) is 0 Å². The highest BCUT2D eigenvalue weighted by Gasteiger charge is 2.25. The molecule has 0 radical (unpaired) electrons. The standard InChI is InChI=1S/C20H24N4O4/c25-19(26)14-28-18-4-2-1-3-16(18)12-24-10-9-22-17(13-24)20(27)23-11-15-5-7-21-8-6-15/h1-8,17,22H,9-14H2,(H,23,27)(H,25,26)/t17-/m1/s1. The Bertz CT molecular complexity index is 800. The number of piperazine rings is 1. The molecule has 0 aliphatic carbocycles. The van der Waals surface area contributed by atoms with Crippen LogP contribution >= 0.6 is 0 Å². The molecule has 1 saturated heterocycles. The molecule has 3 N–H and O–H groups in total. The smallest absolute Gasteiger partial charge is 0.341 e. The second-order valence-electron chi connectivity index (χ2n) is 6.61. The SMILES string of the molecule is O=C(O)COc1ccccc1CN1CCN[C@@H](C(=O)NCc2ccncc2)C1. The lowest BCUT2D eigenvalue weighted by Gasteiger charge is -2.33. The largest absolute Gasteiger partial charge is 0.482 e. The highest BCUT2D eigenvalue weighted by Crippen LogP contribution is 2.20. The maximum atomic E-state index is 12.5. The fourth-order valence-corrected chi connectivity index (χ4v) is 3.10. The van der Waals surface area contributed by atoms with E-state index < -0.39 is 5.97 Å². The Kier molecular flexibility index (Phi) is 6.94. The summed E-state index contributed by atoms with van der Waals surface area (Å²) < 4.78 is 5.38. The molecule has 8 nitrogen and oxygen atoms in total. The van der Waals surface area contributed by atoms with Crippen LogP contribution in [0, 0.1) is 0 Å². The molecule has 1 aromatic carbocycles. The summed E-state index contributed by atoms with van der Waals surface area (Å²) in [6.45, 7) is 2.73. The average molecular weight is 384 g/mol. The van der Waals surface area contributed by atoms with Gasteiger partial charge in [-0.05, 0) is 23.8 Å². The van der Waals surface area contributed by atoms with Crippen LogP contribution in [0.1, 0.15) is 11.1 Å². The fourth-order valence-electron chi connectivity index (χ4n) is 3.10. The van der Waals surface area contributed by atoms with Crippen molar-refractivity contribution in [3.63, 3.8) is 0 Å². The number of nitrogens with one attached hydrogen (secondary N) is 2.